The molecule has 1 heterocycles. The number of carbonyl (C=O) groups is 2. The molecule has 0 radical (unpaired) electrons. The van der Waals surface area contributed by atoms with Gasteiger partial charge in [-0.3, -0.25) is 4.79 Å². The van der Waals surface area contributed by atoms with Crippen LogP contribution in [0.3, 0.4) is 0 Å². The Hall–Kier alpha value is -2.82. The van der Waals surface area contributed by atoms with Crippen molar-refractivity contribution in [3.05, 3.63) is 65.2 Å². The molecule has 1 unspecified atom stereocenters. The van der Waals surface area contributed by atoms with Crippen LogP contribution in [0.1, 0.15) is 43.0 Å². The van der Waals surface area contributed by atoms with Gasteiger partial charge in [0.05, 0.1) is 6.61 Å². The van der Waals surface area contributed by atoms with Crippen LogP contribution < -0.4 is 10.1 Å². The number of amides is 1. The molecule has 0 spiro atoms. The first-order valence-electron chi connectivity index (χ1n) is 8.70. The van der Waals surface area contributed by atoms with Gasteiger partial charge in [-0.05, 0) is 34.2 Å². The highest BCUT2D eigenvalue weighted by molar-refractivity contribution is 5.85. The van der Waals surface area contributed by atoms with Crippen molar-refractivity contribution in [2.45, 2.75) is 38.1 Å². The van der Waals surface area contributed by atoms with Gasteiger partial charge in [0.1, 0.15) is 5.75 Å². The fourth-order valence-corrected chi connectivity index (χ4v) is 3.28. The second-order valence-corrected chi connectivity index (χ2v) is 7.23. The Morgan fingerprint density at radius 3 is 2.62 bits per heavy atom. The number of hydrogen-bond acceptors (Lipinski definition) is 3. The zero-order chi connectivity index (χ0) is 18.7. The topological polar surface area (TPSA) is 75.6 Å². The van der Waals surface area contributed by atoms with Gasteiger partial charge < -0.3 is 15.2 Å². The third-order valence-corrected chi connectivity index (χ3v) is 4.76. The van der Waals surface area contributed by atoms with Crippen molar-refractivity contribution in [2.75, 3.05) is 6.61 Å². The van der Waals surface area contributed by atoms with Crippen LogP contribution >= 0.6 is 0 Å². The molecule has 2 N–H and O–H groups in total. The second-order valence-electron chi connectivity index (χ2n) is 7.23. The summed E-state index contributed by atoms with van der Waals surface area (Å²) in [7, 11) is 0. The first-order valence-corrected chi connectivity index (χ1v) is 8.70. The van der Waals surface area contributed by atoms with Crippen LogP contribution in [0, 0.1) is 0 Å². The lowest BCUT2D eigenvalue weighted by molar-refractivity contribution is -0.142. The first-order chi connectivity index (χ1) is 12.4. The van der Waals surface area contributed by atoms with Crippen LogP contribution in [0.4, 0.5) is 0 Å². The molecule has 2 aromatic carbocycles. The predicted octanol–water partition coefficient (Wildman–Crippen LogP) is 3.23. The maximum atomic E-state index is 12.6. The average Bonchev–Trinajstić information content (AvgIpc) is 3.07. The second kappa shape index (κ2) is 7.20. The molecular formula is C21H23NO4. The van der Waals surface area contributed by atoms with Crippen molar-refractivity contribution in [2.24, 2.45) is 0 Å². The quantitative estimate of drug-likeness (QED) is 0.836. The molecule has 0 aromatic heterocycles. The van der Waals surface area contributed by atoms with Gasteiger partial charge in [-0.25, -0.2) is 4.79 Å². The van der Waals surface area contributed by atoms with E-state index < -0.39 is 12.0 Å². The summed E-state index contributed by atoms with van der Waals surface area (Å²) in [6.45, 7) is 4.56. The van der Waals surface area contributed by atoms with Crippen LogP contribution in [-0.2, 0) is 21.4 Å². The van der Waals surface area contributed by atoms with Gasteiger partial charge >= 0.3 is 5.97 Å². The SMILES string of the molecule is CC(C)(CC(=O)NC(C(=O)O)c1ccc2c(c1)CCO2)c1ccccc1. The summed E-state index contributed by atoms with van der Waals surface area (Å²) in [5, 5.41) is 12.3. The molecule has 1 aliphatic rings. The van der Waals surface area contributed by atoms with E-state index in [9.17, 15) is 14.7 Å². The molecule has 1 amide bonds. The van der Waals surface area contributed by atoms with E-state index in [1.807, 2.05) is 50.2 Å². The molecule has 1 aliphatic heterocycles. The standard InChI is InChI=1S/C21H23NO4/c1-21(2,16-6-4-3-5-7-16)13-18(23)22-19(20(24)25)15-8-9-17-14(12-15)10-11-26-17/h3-9,12,19H,10-11,13H2,1-2H3,(H,22,23)(H,24,25). The van der Waals surface area contributed by atoms with Gasteiger partial charge in [-0.2, -0.15) is 0 Å². The van der Waals surface area contributed by atoms with E-state index in [1.165, 1.54) is 0 Å². The molecule has 3 rings (SSSR count). The zero-order valence-electron chi connectivity index (χ0n) is 15.0. The summed E-state index contributed by atoms with van der Waals surface area (Å²) in [5.41, 5.74) is 2.19. The molecule has 2 aromatic rings. The van der Waals surface area contributed by atoms with Crippen LogP contribution in [0.2, 0.25) is 0 Å². The van der Waals surface area contributed by atoms with E-state index in [2.05, 4.69) is 5.32 Å². The molecule has 5 nitrogen and oxygen atoms in total. The van der Waals surface area contributed by atoms with Crippen molar-refractivity contribution in [1.82, 2.24) is 5.32 Å². The Morgan fingerprint density at radius 2 is 1.92 bits per heavy atom. The minimum Gasteiger partial charge on any atom is -0.493 e. The van der Waals surface area contributed by atoms with E-state index in [0.717, 1.165) is 23.3 Å². The lowest BCUT2D eigenvalue weighted by Crippen LogP contribution is -2.37. The molecule has 0 bridgehead atoms. The number of benzene rings is 2. The van der Waals surface area contributed by atoms with Gasteiger partial charge in [0.15, 0.2) is 6.04 Å². The van der Waals surface area contributed by atoms with Gasteiger partial charge in [0, 0.05) is 12.8 Å². The number of hydrogen-bond donors (Lipinski definition) is 2. The summed E-state index contributed by atoms with van der Waals surface area (Å²) >= 11 is 0. The van der Waals surface area contributed by atoms with Crippen LogP contribution in [0.15, 0.2) is 48.5 Å². The Balaban J connectivity index is 1.74. The van der Waals surface area contributed by atoms with E-state index in [-0.39, 0.29) is 17.7 Å². The summed E-state index contributed by atoms with van der Waals surface area (Å²) < 4.78 is 5.45. The summed E-state index contributed by atoms with van der Waals surface area (Å²) in [4.78, 5) is 24.3. The zero-order valence-corrected chi connectivity index (χ0v) is 15.0. The fraction of sp³-hybridized carbons (Fsp3) is 0.333. The minimum atomic E-state index is -1.07. The molecule has 26 heavy (non-hydrogen) atoms. The smallest absolute Gasteiger partial charge is 0.330 e. The number of carboxylic acid groups (broad SMARTS) is 1. The van der Waals surface area contributed by atoms with Gasteiger partial charge in [0.2, 0.25) is 5.91 Å². The van der Waals surface area contributed by atoms with Crippen molar-refractivity contribution in [1.29, 1.82) is 0 Å². The van der Waals surface area contributed by atoms with E-state index in [4.69, 9.17) is 4.74 Å². The largest absolute Gasteiger partial charge is 0.493 e. The fourth-order valence-electron chi connectivity index (χ4n) is 3.28. The van der Waals surface area contributed by atoms with Gasteiger partial charge in [0.25, 0.3) is 0 Å². The van der Waals surface area contributed by atoms with E-state index in [1.54, 1.807) is 12.1 Å². The number of aliphatic carboxylic acids is 1. The highest BCUT2D eigenvalue weighted by Gasteiger charge is 2.28. The Labute approximate surface area is 153 Å². The molecular weight excluding hydrogens is 330 g/mol. The molecule has 136 valence electrons. The summed E-state index contributed by atoms with van der Waals surface area (Å²) in [5.74, 6) is -0.577. The lowest BCUT2D eigenvalue weighted by atomic mass is 9.81. The highest BCUT2D eigenvalue weighted by atomic mass is 16.5. The first kappa shape index (κ1) is 18.0. The molecule has 5 heteroatoms. The van der Waals surface area contributed by atoms with Crippen molar-refractivity contribution in [3.8, 4) is 5.75 Å². The van der Waals surface area contributed by atoms with E-state index >= 15 is 0 Å². The van der Waals surface area contributed by atoms with Crippen molar-refractivity contribution in [3.63, 3.8) is 0 Å². The number of carbonyl (C=O) groups excluding carboxylic acids is 1. The van der Waals surface area contributed by atoms with Crippen LogP contribution in [0.25, 0.3) is 0 Å². The van der Waals surface area contributed by atoms with E-state index in [0.29, 0.717) is 12.2 Å². The minimum absolute atomic E-state index is 0.203. The van der Waals surface area contributed by atoms with Gasteiger partial charge in [-0.1, -0.05) is 50.2 Å². The average molecular weight is 353 g/mol. The maximum absolute atomic E-state index is 12.6. The number of ether oxygens (including phenoxy) is 1. The van der Waals surface area contributed by atoms with Crippen molar-refractivity contribution >= 4 is 11.9 Å². The third kappa shape index (κ3) is 3.87. The lowest BCUT2D eigenvalue weighted by Gasteiger charge is -2.25. The molecule has 0 saturated carbocycles. The Bertz CT molecular complexity index is 814. The van der Waals surface area contributed by atoms with Crippen LogP contribution in [0.5, 0.6) is 5.75 Å². The predicted molar refractivity (Wildman–Crippen MR) is 98.2 cm³/mol. The number of fused-ring (bicyclic) bond motifs is 1. The Kier molecular flexibility index (Phi) is 4.98. The monoisotopic (exact) mass is 353 g/mol. The number of rotatable bonds is 6. The van der Waals surface area contributed by atoms with Crippen molar-refractivity contribution < 1.29 is 19.4 Å². The van der Waals surface area contributed by atoms with Crippen LogP contribution in [-0.4, -0.2) is 23.6 Å². The maximum Gasteiger partial charge on any atom is 0.330 e. The molecule has 0 fully saturated rings. The van der Waals surface area contributed by atoms with Gasteiger partial charge in [-0.15, -0.1) is 0 Å². The molecule has 0 aliphatic carbocycles. The Morgan fingerprint density at radius 1 is 1.19 bits per heavy atom. The number of carboxylic acids is 1. The molecule has 1 atom stereocenters. The third-order valence-electron chi connectivity index (χ3n) is 4.76. The highest BCUT2D eigenvalue weighted by Crippen LogP contribution is 2.30. The normalized spacial score (nSPS) is 14.2. The molecule has 0 saturated heterocycles. The summed E-state index contributed by atoms with van der Waals surface area (Å²) in [6, 6.07) is 14.0. The summed E-state index contributed by atoms with van der Waals surface area (Å²) in [6.07, 6.45) is 0.958. The number of nitrogens with one attached hydrogen (secondary N) is 1.